The first-order valence-electron chi connectivity index (χ1n) is 6.86. The molecule has 0 saturated heterocycles. The minimum atomic E-state index is 0.391. The second kappa shape index (κ2) is 6.48. The van der Waals surface area contributed by atoms with Crippen LogP contribution in [0.5, 0.6) is 0 Å². The van der Waals surface area contributed by atoms with E-state index in [1.54, 1.807) is 0 Å². The Hall–Kier alpha value is -1.67. The zero-order valence-corrected chi connectivity index (χ0v) is 12.0. The maximum Gasteiger partial charge on any atom is 0.0294 e. The van der Waals surface area contributed by atoms with Gasteiger partial charge in [-0.15, -0.1) is 0 Å². The summed E-state index contributed by atoms with van der Waals surface area (Å²) in [4.78, 5) is 4.04. The summed E-state index contributed by atoms with van der Waals surface area (Å²) >= 11 is 0. The number of hydrogen-bond acceptors (Lipinski definition) is 2. The van der Waals surface area contributed by atoms with E-state index in [1.807, 2.05) is 12.4 Å². The molecule has 0 bridgehead atoms. The molecule has 19 heavy (non-hydrogen) atoms. The fraction of sp³-hybridized carbons (Fsp3) is 0.353. The molecule has 1 N–H and O–H groups in total. The number of pyridine rings is 1. The van der Waals surface area contributed by atoms with Gasteiger partial charge in [0.2, 0.25) is 0 Å². The maximum atomic E-state index is 4.04. The molecular weight excluding hydrogens is 232 g/mol. The zero-order chi connectivity index (χ0) is 13.7. The fourth-order valence-electron chi connectivity index (χ4n) is 2.40. The van der Waals surface area contributed by atoms with Crippen molar-refractivity contribution in [2.75, 3.05) is 6.54 Å². The molecule has 100 valence electrons. The van der Waals surface area contributed by atoms with E-state index in [4.69, 9.17) is 0 Å². The summed E-state index contributed by atoms with van der Waals surface area (Å²) in [5.74, 6) is 0. The normalized spacial score (nSPS) is 12.4. The van der Waals surface area contributed by atoms with Crippen LogP contribution < -0.4 is 5.32 Å². The van der Waals surface area contributed by atoms with Crippen LogP contribution in [0.15, 0.2) is 42.7 Å². The minimum absolute atomic E-state index is 0.391. The molecule has 2 nitrogen and oxygen atoms in total. The van der Waals surface area contributed by atoms with E-state index in [0.717, 1.165) is 13.0 Å². The average Bonchev–Trinajstić information content (AvgIpc) is 2.39. The highest BCUT2D eigenvalue weighted by Gasteiger charge is 2.07. The van der Waals surface area contributed by atoms with Gasteiger partial charge in [0.15, 0.2) is 0 Å². The van der Waals surface area contributed by atoms with Crippen molar-refractivity contribution in [3.8, 4) is 0 Å². The molecule has 0 fully saturated rings. The van der Waals surface area contributed by atoms with Gasteiger partial charge >= 0.3 is 0 Å². The predicted octanol–water partition coefficient (Wildman–Crippen LogP) is 3.59. The number of rotatable bonds is 5. The Bertz CT molecular complexity index is 520. The molecule has 1 heterocycles. The molecule has 0 aliphatic carbocycles. The molecule has 1 atom stereocenters. The third-order valence-electron chi connectivity index (χ3n) is 3.51. The van der Waals surface area contributed by atoms with Crippen molar-refractivity contribution in [2.24, 2.45) is 0 Å². The third kappa shape index (κ3) is 3.90. The van der Waals surface area contributed by atoms with Gasteiger partial charge in [-0.2, -0.15) is 0 Å². The molecule has 0 radical (unpaired) electrons. The van der Waals surface area contributed by atoms with Gasteiger partial charge in [-0.25, -0.2) is 0 Å². The highest BCUT2D eigenvalue weighted by Crippen LogP contribution is 2.18. The molecular formula is C17H22N2. The van der Waals surface area contributed by atoms with Crippen LogP contribution in [0.4, 0.5) is 0 Å². The average molecular weight is 254 g/mol. The van der Waals surface area contributed by atoms with Crippen LogP contribution in [-0.2, 0) is 6.42 Å². The van der Waals surface area contributed by atoms with Crippen LogP contribution in [0.25, 0.3) is 0 Å². The molecule has 0 aliphatic heterocycles. The van der Waals surface area contributed by atoms with Crippen molar-refractivity contribution in [3.63, 3.8) is 0 Å². The smallest absolute Gasteiger partial charge is 0.0294 e. The Morgan fingerprint density at radius 3 is 2.53 bits per heavy atom. The first kappa shape index (κ1) is 13.8. The number of benzene rings is 1. The zero-order valence-electron chi connectivity index (χ0n) is 12.0. The molecule has 2 aromatic rings. The van der Waals surface area contributed by atoms with Gasteiger partial charge < -0.3 is 5.32 Å². The van der Waals surface area contributed by atoms with Gasteiger partial charge in [0, 0.05) is 18.4 Å². The standard InChI is InChI=1S/C17H22N2/c1-13-4-5-17(14(2)12-13)15(3)19-11-8-16-6-9-18-10-7-16/h4-7,9-10,12,15,19H,8,11H2,1-3H3. The molecule has 1 aromatic carbocycles. The van der Waals surface area contributed by atoms with E-state index in [1.165, 1.54) is 22.3 Å². The van der Waals surface area contributed by atoms with Crippen molar-refractivity contribution < 1.29 is 0 Å². The van der Waals surface area contributed by atoms with Crippen LogP contribution >= 0.6 is 0 Å². The lowest BCUT2D eigenvalue weighted by atomic mass is 10.00. The Labute approximate surface area is 115 Å². The Morgan fingerprint density at radius 2 is 1.84 bits per heavy atom. The summed E-state index contributed by atoms with van der Waals surface area (Å²) in [7, 11) is 0. The van der Waals surface area contributed by atoms with Crippen molar-refractivity contribution in [1.82, 2.24) is 10.3 Å². The van der Waals surface area contributed by atoms with E-state index < -0.39 is 0 Å². The maximum absolute atomic E-state index is 4.04. The third-order valence-corrected chi connectivity index (χ3v) is 3.51. The lowest BCUT2D eigenvalue weighted by molar-refractivity contribution is 0.574. The largest absolute Gasteiger partial charge is 0.310 e. The van der Waals surface area contributed by atoms with E-state index >= 15 is 0 Å². The number of aromatic nitrogens is 1. The van der Waals surface area contributed by atoms with Gasteiger partial charge in [-0.3, -0.25) is 4.98 Å². The highest BCUT2D eigenvalue weighted by molar-refractivity contribution is 5.32. The van der Waals surface area contributed by atoms with E-state index in [-0.39, 0.29) is 0 Å². The lowest BCUT2D eigenvalue weighted by Gasteiger charge is -2.17. The van der Waals surface area contributed by atoms with Crippen LogP contribution in [0.2, 0.25) is 0 Å². The molecule has 0 spiro atoms. The SMILES string of the molecule is Cc1ccc(C(C)NCCc2ccncc2)c(C)c1. The van der Waals surface area contributed by atoms with E-state index in [9.17, 15) is 0 Å². The highest BCUT2D eigenvalue weighted by atomic mass is 14.9. The first-order chi connectivity index (χ1) is 9.16. The van der Waals surface area contributed by atoms with Crippen LogP contribution in [0, 0.1) is 13.8 Å². The molecule has 1 aromatic heterocycles. The van der Waals surface area contributed by atoms with Crippen LogP contribution in [0.1, 0.15) is 35.2 Å². The quantitative estimate of drug-likeness (QED) is 0.882. The molecule has 2 heteroatoms. The Kier molecular flexibility index (Phi) is 4.69. The number of hydrogen-bond donors (Lipinski definition) is 1. The summed E-state index contributed by atoms with van der Waals surface area (Å²) in [6.45, 7) is 7.53. The summed E-state index contributed by atoms with van der Waals surface area (Å²) in [6.07, 6.45) is 4.74. The number of nitrogens with zero attached hydrogens (tertiary/aromatic N) is 1. The van der Waals surface area contributed by atoms with E-state index in [0.29, 0.717) is 6.04 Å². The first-order valence-corrected chi connectivity index (χ1v) is 6.86. The minimum Gasteiger partial charge on any atom is -0.310 e. The summed E-state index contributed by atoms with van der Waals surface area (Å²) in [5.41, 5.74) is 5.41. The lowest BCUT2D eigenvalue weighted by Crippen LogP contribution is -2.22. The molecule has 1 unspecified atom stereocenters. The summed E-state index contributed by atoms with van der Waals surface area (Å²) in [5, 5.41) is 3.59. The van der Waals surface area contributed by atoms with Crippen molar-refractivity contribution in [1.29, 1.82) is 0 Å². The molecule has 2 rings (SSSR count). The monoisotopic (exact) mass is 254 g/mol. The van der Waals surface area contributed by atoms with Gasteiger partial charge in [0.05, 0.1) is 0 Å². The van der Waals surface area contributed by atoms with Crippen LogP contribution in [-0.4, -0.2) is 11.5 Å². The van der Waals surface area contributed by atoms with Crippen molar-refractivity contribution in [3.05, 3.63) is 65.0 Å². The topological polar surface area (TPSA) is 24.9 Å². The van der Waals surface area contributed by atoms with Crippen molar-refractivity contribution >= 4 is 0 Å². The molecule has 0 amide bonds. The van der Waals surface area contributed by atoms with E-state index in [2.05, 4.69) is 61.4 Å². The predicted molar refractivity (Wildman–Crippen MR) is 80.3 cm³/mol. The van der Waals surface area contributed by atoms with Crippen molar-refractivity contribution in [2.45, 2.75) is 33.2 Å². The second-order valence-corrected chi connectivity index (χ2v) is 5.14. The van der Waals surface area contributed by atoms with Gasteiger partial charge in [-0.05, 0) is 62.6 Å². The fourth-order valence-corrected chi connectivity index (χ4v) is 2.40. The summed E-state index contributed by atoms with van der Waals surface area (Å²) in [6, 6.07) is 11.2. The Morgan fingerprint density at radius 1 is 1.11 bits per heavy atom. The summed E-state index contributed by atoms with van der Waals surface area (Å²) < 4.78 is 0. The van der Waals surface area contributed by atoms with Gasteiger partial charge in [0.1, 0.15) is 0 Å². The number of nitrogens with one attached hydrogen (secondary N) is 1. The molecule has 0 aliphatic rings. The van der Waals surface area contributed by atoms with Gasteiger partial charge in [-0.1, -0.05) is 23.8 Å². The van der Waals surface area contributed by atoms with Crippen LogP contribution in [0.3, 0.4) is 0 Å². The second-order valence-electron chi connectivity index (χ2n) is 5.14. The van der Waals surface area contributed by atoms with Gasteiger partial charge in [0.25, 0.3) is 0 Å². The molecule has 0 saturated carbocycles. The Balaban J connectivity index is 1.89. The number of aryl methyl sites for hydroxylation is 2.